The number of esters is 1. The van der Waals surface area contributed by atoms with E-state index in [0.29, 0.717) is 18.4 Å². The van der Waals surface area contributed by atoms with Gasteiger partial charge in [0, 0.05) is 0 Å². The molecule has 0 aliphatic heterocycles. The zero-order chi connectivity index (χ0) is 11.4. The first-order chi connectivity index (χ1) is 7.00. The topological polar surface area (TPSA) is 26.3 Å². The third kappa shape index (κ3) is 3.84. The lowest BCUT2D eigenvalue weighted by Crippen LogP contribution is -2.28. The van der Waals surface area contributed by atoms with Crippen LogP contribution in [0, 0.1) is 23.7 Å². The van der Waals surface area contributed by atoms with Crippen molar-refractivity contribution in [2.75, 3.05) is 6.61 Å². The monoisotopic (exact) mass is 212 g/mol. The van der Waals surface area contributed by atoms with Crippen molar-refractivity contribution in [1.29, 1.82) is 0 Å². The average molecular weight is 212 g/mol. The first-order valence-corrected chi connectivity index (χ1v) is 6.17. The molecule has 1 aliphatic carbocycles. The van der Waals surface area contributed by atoms with E-state index in [9.17, 15) is 4.79 Å². The van der Waals surface area contributed by atoms with Crippen LogP contribution in [-0.2, 0) is 9.53 Å². The molecule has 0 aromatic rings. The average Bonchev–Trinajstić information content (AvgIpc) is 2.18. The fourth-order valence-corrected chi connectivity index (χ4v) is 2.13. The molecule has 0 aromatic carbocycles. The minimum Gasteiger partial charge on any atom is -0.465 e. The number of carbonyl (C=O) groups excluding carboxylic acids is 1. The molecule has 3 atom stereocenters. The summed E-state index contributed by atoms with van der Waals surface area (Å²) in [6.45, 7) is 9.23. The van der Waals surface area contributed by atoms with Gasteiger partial charge in [0.25, 0.3) is 0 Å². The van der Waals surface area contributed by atoms with Crippen LogP contribution in [0.15, 0.2) is 0 Å². The molecule has 0 amide bonds. The van der Waals surface area contributed by atoms with Gasteiger partial charge in [0.2, 0.25) is 0 Å². The van der Waals surface area contributed by atoms with E-state index in [1.807, 2.05) is 0 Å². The van der Waals surface area contributed by atoms with Crippen LogP contribution in [0.3, 0.4) is 0 Å². The van der Waals surface area contributed by atoms with Gasteiger partial charge in [0.15, 0.2) is 0 Å². The van der Waals surface area contributed by atoms with Crippen LogP contribution in [0.5, 0.6) is 0 Å². The van der Waals surface area contributed by atoms with E-state index in [2.05, 4.69) is 27.7 Å². The number of hydrogen-bond acceptors (Lipinski definition) is 2. The third-order valence-electron chi connectivity index (χ3n) is 3.49. The maximum atomic E-state index is 11.7. The summed E-state index contributed by atoms with van der Waals surface area (Å²) < 4.78 is 5.29. The molecule has 0 aromatic heterocycles. The number of ether oxygens (including phenoxy) is 1. The molecule has 2 nitrogen and oxygen atoms in total. The first-order valence-electron chi connectivity index (χ1n) is 6.17. The Bertz CT molecular complexity index is 211. The quantitative estimate of drug-likeness (QED) is 0.671. The predicted octanol–water partition coefficient (Wildman–Crippen LogP) is 3.26. The summed E-state index contributed by atoms with van der Waals surface area (Å²) >= 11 is 0. The van der Waals surface area contributed by atoms with Crippen molar-refractivity contribution in [3.8, 4) is 0 Å². The molecule has 0 heterocycles. The summed E-state index contributed by atoms with van der Waals surface area (Å²) in [6, 6.07) is 0. The minimum absolute atomic E-state index is 0.0300. The van der Waals surface area contributed by atoms with Gasteiger partial charge in [-0.2, -0.15) is 0 Å². The van der Waals surface area contributed by atoms with E-state index < -0.39 is 0 Å². The molecule has 0 saturated heterocycles. The van der Waals surface area contributed by atoms with Gasteiger partial charge in [0.05, 0.1) is 12.5 Å². The molecular formula is C13H24O2. The van der Waals surface area contributed by atoms with Crippen LogP contribution in [0.2, 0.25) is 0 Å². The van der Waals surface area contributed by atoms with Crippen LogP contribution in [0.4, 0.5) is 0 Å². The molecule has 1 fully saturated rings. The second kappa shape index (κ2) is 5.53. The van der Waals surface area contributed by atoms with Crippen LogP contribution in [0.1, 0.15) is 47.0 Å². The molecule has 3 unspecified atom stereocenters. The number of carbonyl (C=O) groups is 1. The highest BCUT2D eigenvalue weighted by molar-refractivity contribution is 5.72. The molecule has 1 saturated carbocycles. The predicted molar refractivity (Wildman–Crippen MR) is 61.5 cm³/mol. The smallest absolute Gasteiger partial charge is 0.308 e. The summed E-state index contributed by atoms with van der Waals surface area (Å²) in [5, 5.41) is 0. The second-order valence-corrected chi connectivity index (χ2v) is 5.49. The molecule has 2 heteroatoms. The van der Waals surface area contributed by atoms with Crippen LogP contribution >= 0.6 is 0 Å². The van der Waals surface area contributed by atoms with Gasteiger partial charge in [-0.05, 0) is 37.0 Å². The van der Waals surface area contributed by atoms with E-state index in [0.717, 1.165) is 18.8 Å². The highest BCUT2D eigenvalue weighted by Crippen LogP contribution is 2.33. The van der Waals surface area contributed by atoms with E-state index in [-0.39, 0.29) is 11.9 Å². The fourth-order valence-electron chi connectivity index (χ4n) is 2.13. The summed E-state index contributed by atoms with van der Waals surface area (Å²) in [5.41, 5.74) is 0. The van der Waals surface area contributed by atoms with Crippen LogP contribution in [-0.4, -0.2) is 12.6 Å². The summed E-state index contributed by atoms with van der Waals surface area (Å²) in [4.78, 5) is 11.7. The van der Waals surface area contributed by atoms with E-state index in [4.69, 9.17) is 4.74 Å². The highest BCUT2D eigenvalue weighted by Gasteiger charge is 2.30. The zero-order valence-corrected chi connectivity index (χ0v) is 10.5. The summed E-state index contributed by atoms with van der Waals surface area (Å²) in [6.07, 6.45) is 3.20. The summed E-state index contributed by atoms with van der Waals surface area (Å²) in [7, 11) is 0. The van der Waals surface area contributed by atoms with Gasteiger partial charge in [-0.15, -0.1) is 0 Å². The lowest BCUT2D eigenvalue weighted by Gasteiger charge is -2.30. The largest absolute Gasteiger partial charge is 0.465 e. The van der Waals surface area contributed by atoms with Gasteiger partial charge in [-0.25, -0.2) is 0 Å². The van der Waals surface area contributed by atoms with Crippen molar-refractivity contribution in [2.45, 2.75) is 47.0 Å². The molecule has 15 heavy (non-hydrogen) atoms. The minimum atomic E-state index is 0.0300. The summed E-state index contributed by atoms with van der Waals surface area (Å²) in [5.74, 6) is 2.06. The maximum Gasteiger partial charge on any atom is 0.308 e. The van der Waals surface area contributed by atoms with Crippen molar-refractivity contribution < 1.29 is 9.53 Å². The van der Waals surface area contributed by atoms with Crippen molar-refractivity contribution in [2.24, 2.45) is 23.7 Å². The number of rotatable bonds is 3. The Morgan fingerprint density at radius 2 is 1.93 bits per heavy atom. The van der Waals surface area contributed by atoms with E-state index >= 15 is 0 Å². The van der Waals surface area contributed by atoms with Gasteiger partial charge in [-0.3, -0.25) is 4.79 Å². The Labute approximate surface area is 93.4 Å². The molecule has 1 rings (SSSR count). The first kappa shape index (κ1) is 12.5. The van der Waals surface area contributed by atoms with E-state index in [1.165, 1.54) is 6.42 Å². The Morgan fingerprint density at radius 1 is 1.27 bits per heavy atom. The van der Waals surface area contributed by atoms with Crippen molar-refractivity contribution in [3.05, 3.63) is 0 Å². The van der Waals surface area contributed by atoms with Crippen LogP contribution < -0.4 is 0 Å². The Hall–Kier alpha value is -0.530. The molecule has 88 valence electrons. The molecule has 0 radical (unpaired) electrons. The van der Waals surface area contributed by atoms with Gasteiger partial charge in [-0.1, -0.05) is 27.7 Å². The standard InChI is InChI=1S/C13H24O2/c1-9(2)8-15-13(14)12-6-5-10(3)11(4)7-12/h9-12H,5-8H2,1-4H3. The fraction of sp³-hybridized carbons (Fsp3) is 0.923. The Morgan fingerprint density at radius 3 is 2.47 bits per heavy atom. The van der Waals surface area contributed by atoms with Gasteiger partial charge < -0.3 is 4.74 Å². The normalized spacial score (nSPS) is 31.7. The maximum absolute atomic E-state index is 11.7. The lowest BCUT2D eigenvalue weighted by atomic mass is 9.76. The molecular weight excluding hydrogens is 188 g/mol. The Kier molecular flexibility index (Phi) is 4.62. The third-order valence-corrected chi connectivity index (χ3v) is 3.49. The van der Waals surface area contributed by atoms with Crippen molar-refractivity contribution in [1.82, 2.24) is 0 Å². The van der Waals surface area contributed by atoms with Crippen molar-refractivity contribution >= 4 is 5.97 Å². The number of hydrogen-bond donors (Lipinski definition) is 0. The van der Waals surface area contributed by atoms with Gasteiger partial charge in [0.1, 0.15) is 0 Å². The van der Waals surface area contributed by atoms with Crippen LogP contribution in [0.25, 0.3) is 0 Å². The zero-order valence-electron chi connectivity index (χ0n) is 10.5. The van der Waals surface area contributed by atoms with Gasteiger partial charge >= 0.3 is 5.97 Å². The molecule has 0 spiro atoms. The lowest BCUT2D eigenvalue weighted by molar-refractivity contribution is -0.151. The SMILES string of the molecule is CC(C)COC(=O)C1CCC(C)C(C)C1. The van der Waals surface area contributed by atoms with Crippen molar-refractivity contribution in [3.63, 3.8) is 0 Å². The highest BCUT2D eigenvalue weighted by atomic mass is 16.5. The Balaban J connectivity index is 2.34. The molecule has 0 bridgehead atoms. The van der Waals surface area contributed by atoms with E-state index in [1.54, 1.807) is 0 Å². The second-order valence-electron chi connectivity index (χ2n) is 5.49. The molecule has 1 aliphatic rings. The molecule has 0 N–H and O–H groups in total.